The standard InChI is InChI=1S/C22H12N2O4/c1-23-19-11-15(14-5-3-2-4-6-14)7-10-20(19)24-21(26)17-9-8-16(28-13-25)12-18(17)22(24)27/h2-13H. The summed E-state index contributed by atoms with van der Waals surface area (Å²) in [5.74, 6) is -0.912. The molecular formula is C22H12N2O4. The average molecular weight is 368 g/mol. The molecule has 2 amide bonds. The highest BCUT2D eigenvalue weighted by Gasteiger charge is 2.38. The molecule has 4 rings (SSSR count). The SMILES string of the molecule is [C-]#[N+]c1cc(-c2ccccc2)ccc1N1C(=O)c2ccc(OC=O)cc2C1=O. The van der Waals surface area contributed by atoms with E-state index in [0.717, 1.165) is 16.0 Å². The molecule has 0 N–H and O–H groups in total. The summed E-state index contributed by atoms with van der Waals surface area (Å²) >= 11 is 0. The summed E-state index contributed by atoms with van der Waals surface area (Å²) in [6.45, 7) is 7.76. The monoisotopic (exact) mass is 368 g/mol. The summed E-state index contributed by atoms with van der Waals surface area (Å²) in [7, 11) is 0. The molecule has 0 aromatic heterocycles. The highest BCUT2D eigenvalue weighted by atomic mass is 16.5. The molecule has 134 valence electrons. The average Bonchev–Trinajstić information content (AvgIpc) is 2.98. The van der Waals surface area contributed by atoms with Crippen LogP contribution in [-0.4, -0.2) is 18.3 Å². The second-order valence-corrected chi connectivity index (χ2v) is 6.05. The van der Waals surface area contributed by atoms with Gasteiger partial charge < -0.3 is 4.74 Å². The maximum Gasteiger partial charge on any atom is 0.298 e. The zero-order valence-corrected chi connectivity index (χ0v) is 14.5. The zero-order chi connectivity index (χ0) is 19.7. The number of ether oxygens (including phenoxy) is 1. The van der Waals surface area contributed by atoms with Crippen LogP contribution in [0, 0.1) is 6.57 Å². The number of imide groups is 1. The third-order valence-electron chi connectivity index (χ3n) is 4.49. The molecule has 0 bridgehead atoms. The summed E-state index contributed by atoms with van der Waals surface area (Å²) in [5, 5.41) is 0. The Balaban J connectivity index is 1.77. The normalized spacial score (nSPS) is 12.5. The van der Waals surface area contributed by atoms with E-state index in [4.69, 9.17) is 11.3 Å². The quantitative estimate of drug-likeness (QED) is 0.392. The van der Waals surface area contributed by atoms with Crippen LogP contribution in [0.15, 0.2) is 66.7 Å². The number of rotatable bonds is 4. The Hall–Kier alpha value is -4.24. The Morgan fingerprint density at radius 1 is 0.857 bits per heavy atom. The predicted molar refractivity (Wildman–Crippen MR) is 102 cm³/mol. The maximum absolute atomic E-state index is 12.8. The van der Waals surface area contributed by atoms with Crippen LogP contribution in [0.1, 0.15) is 20.7 Å². The number of carbonyl (C=O) groups excluding carboxylic acids is 3. The van der Waals surface area contributed by atoms with Crippen molar-refractivity contribution in [2.24, 2.45) is 0 Å². The Morgan fingerprint density at radius 2 is 1.61 bits per heavy atom. The molecule has 3 aromatic rings. The molecule has 0 unspecified atom stereocenters. The second-order valence-electron chi connectivity index (χ2n) is 6.05. The van der Waals surface area contributed by atoms with Crippen molar-refractivity contribution in [1.82, 2.24) is 0 Å². The van der Waals surface area contributed by atoms with Crippen LogP contribution < -0.4 is 9.64 Å². The van der Waals surface area contributed by atoms with Crippen LogP contribution in [0.25, 0.3) is 16.0 Å². The van der Waals surface area contributed by atoms with Gasteiger partial charge in [0.05, 0.1) is 23.4 Å². The molecule has 0 radical (unpaired) electrons. The highest BCUT2D eigenvalue weighted by molar-refractivity contribution is 6.35. The van der Waals surface area contributed by atoms with E-state index in [1.807, 2.05) is 30.3 Å². The van der Waals surface area contributed by atoms with Gasteiger partial charge in [-0.15, -0.1) is 0 Å². The van der Waals surface area contributed by atoms with Gasteiger partial charge in [-0.25, -0.2) is 4.85 Å². The van der Waals surface area contributed by atoms with Crippen molar-refractivity contribution in [2.75, 3.05) is 4.90 Å². The van der Waals surface area contributed by atoms with Crippen LogP contribution in [0.5, 0.6) is 5.75 Å². The summed E-state index contributed by atoms with van der Waals surface area (Å²) in [4.78, 5) is 40.7. The van der Waals surface area contributed by atoms with Crippen molar-refractivity contribution in [3.8, 4) is 16.9 Å². The van der Waals surface area contributed by atoms with Gasteiger partial charge in [0.15, 0.2) is 0 Å². The van der Waals surface area contributed by atoms with E-state index >= 15 is 0 Å². The van der Waals surface area contributed by atoms with Gasteiger partial charge in [-0.2, -0.15) is 0 Å². The van der Waals surface area contributed by atoms with Crippen LogP contribution >= 0.6 is 0 Å². The van der Waals surface area contributed by atoms with Gasteiger partial charge in [0.2, 0.25) is 5.69 Å². The van der Waals surface area contributed by atoms with Crippen molar-refractivity contribution in [1.29, 1.82) is 0 Å². The van der Waals surface area contributed by atoms with E-state index in [2.05, 4.69) is 4.85 Å². The predicted octanol–water partition coefficient (Wildman–Crippen LogP) is 4.24. The lowest BCUT2D eigenvalue weighted by atomic mass is 10.0. The van der Waals surface area contributed by atoms with Crippen molar-refractivity contribution >= 4 is 29.7 Å². The molecule has 28 heavy (non-hydrogen) atoms. The number of nitrogens with zero attached hydrogens (tertiary/aromatic N) is 2. The molecule has 0 fully saturated rings. The van der Waals surface area contributed by atoms with E-state index in [0.29, 0.717) is 0 Å². The molecule has 0 saturated heterocycles. The topological polar surface area (TPSA) is 68.0 Å². The fourth-order valence-electron chi connectivity index (χ4n) is 3.18. The van der Waals surface area contributed by atoms with E-state index in [1.54, 1.807) is 18.2 Å². The molecule has 1 heterocycles. The van der Waals surface area contributed by atoms with Crippen LogP contribution in [-0.2, 0) is 4.79 Å². The summed E-state index contributed by atoms with van der Waals surface area (Å²) in [6.07, 6.45) is 0. The number of amides is 2. The lowest BCUT2D eigenvalue weighted by Gasteiger charge is -2.16. The number of anilines is 1. The third-order valence-corrected chi connectivity index (χ3v) is 4.49. The Labute approximate surface area is 160 Å². The lowest BCUT2D eigenvalue weighted by Crippen LogP contribution is -2.29. The molecule has 0 aliphatic carbocycles. The van der Waals surface area contributed by atoms with Gasteiger partial charge in [-0.3, -0.25) is 19.3 Å². The van der Waals surface area contributed by atoms with Gasteiger partial charge in [0.25, 0.3) is 18.3 Å². The van der Waals surface area contributed by atoms with E-state index < -0.39 is 11.8 Å². The first-order valence-electron chi connectivity index (χ1n) is 8.34. The van der Waals surface area contributed by atoms with Gasteiger partial charge in [0, 0.05) is 0 Å². The van der Waals surface area contributed by atoms with Crippen molar-refractivity contribution in [3.63, 3.8) is 0 Å². The lowest BCUT2D eigenvalue weighted by molar-refractivity contribution is -0.120. The fourth-order valence-corrected chi connectivity index (χ4v) is 3.18. The Morgan fingerprint density at radius 3 is 2.32 bits per heavy atom. The van der Waals surface area contributed by atoms with Gasteiger partial charge >= 0.3 is 0 Å². The number of hydrogen-bond acceptors (Lipinski definition) is 4. The summed E-state index contributed by atoms with van der Waals surface area (Å²) in [6, 6.07) is 18.8. The molecule has 6 heteroatoms. The van der Waals surface area contributed by atoms with Gasteiger partial charge in [0.1, 0.15) is 5.75 Å². The highest BCUT2D eigenvalue weighted by Crippen LogP contribution is 2.38. The van der Waals surface area contributed by atoms with E-state index in [-0.39, 0.29) is 34.7 Å². The minimum absolute atomic E-state index is 0.132. The van der Waals surface area contributed by atoms with Gasteiger partial charge in [-0.05, 0) is 41.5 Å². The summed E-state index contributed by atoms with van der Waals surface area (Å²) in [5.41, 5.74) is 2.49. The smallest absolute Gasteiger partial charge is 0.298 e. The Kier molecular flexibility index (Phi) is 4.18. The van der Waals surface area contributed by atoms with Crippen LogP contribution in [0.2, 0.25) is 0 Å². The van der Waals surface area contributed by atoms with E-state index in [9.17, 15) is 14.4 Å². The first-order chi connectivity index (χ1) is 13.6. The Bertz CT molecular complexity index is 1160. The van der Waals surface area contributed by atoms with Crippen molar-refractivity contribution in [3.05, 3.63) is 89.3 Å². The minimum atomic E-state index is -0.561. The molecule has 3 aromatic carbocycles. The molecule has 1 aliphatic heterocycles. The third kappa shape index (κ3) is 2.72. The van der Waals surface area contributed by atoms with E-state index in [1.165, 1.54) is 18.2 Å². The van der Waals surface area contributed by atoms with Crippen molar-refractivity contribution in [2.45, 2.75) is 0 Å². The molecular weight excluding hydrogens is 356 g/mol. The number of fused-ring (bicyclic) bond motifs is 1. The first-order valence-corrected chi connectivity index (χ1v) is 8.34. The van der Waals surface area contributed by atoms with Crippen LogP contribution in [0.4, 0.5) is 11.4 Å². The molecule has 0 atom stereocenters. The fraction of sp³-hybridized carbons (Fsp3) is 0. The zero-order valence-electron chi connectivity index (χ0n) is 14.5. The minimum Gasteiger partial charge on any atom is -0.429 e. The molecule has 0 saturated carbocycles. The number of hydrogen-bond donors (Lipinski definition) is 0. The molecule has 1 aliphatic rings. The summed E-state index contributed by atoms with van der Waals surface area (Å²) < 4.78 is 4.75. The van der Waals surface area contributed by atoms with Crippen molar-refractivity contribution < 1.29 is 19.1 Å². The number of carbonyl (C=O) groups is 3. The molecule has 0 spiro atoms. The van der Waals surface area contributed by atoms with Crippen LogP contribution in [0.3, 0.4) is 0 Å². The maximum atomic E-state index is 12.8. The van der Waals surface area contributed by atoms with Gasteiger partial charge in [-0.1, -0.05) is 36.4 Å². The first kappa shape index (κ1) is 17.2. The second kappa shape index (κ2) is 6.82. The number of benzene rings is 3. The molecule has 6 nitrogen and oxygen atoms in total. The largest absolute Gasteiger partial charge is 0.429 e.